The zero-order valence-electron chi connectivity index (χ0n) is 6.50. The minimum Gasteiger partial charge on any atom is -0.0784 e. The lowest BCUT2D eigenvalue weighted by molar-refractivity contribution is 1.11. The summed E-state index contributed by atoms with van der Waals surface area (Å²) >= 11 is 34.2. The van der Waals surface area contributed by atoms with Gasteiger partial charge in [-0.1, -0.05) is 87.8 Å². The van der Waals surface area contributed by atoms with Crippen molar-refractivity contribution < 1.29 is 0 Å². The normalized spacial score (nSPS) is 13.0. The van der Waals surface area contributed by atoms with E-state index in [2.05, 4.69) is 6.07 Å². The molecule has 77 valence electrons. The molecule has 0 heterocycles. The average molecular weight is 312 g/mol. The van der Waals surface area contributed by atoms with Crippen LogP contribution in [0.2, 0.25) is 0 Å². The van der Waals surface area contributed by atoms with Crippen LogP contribution in [0, 0.1) is 6.07 Å². The van der Waals surface area contributed by atoms with E-state index >= 15 is 0 Å². The van der Waals surface area contributed by atoms with Gasteiger partial charge in [0.1, 0.15) is 0 Å². The molecule has 0 saturated heterocycles. The van der Waals surface area contributed by atoms with E-state index < -0.39 is 7.59 Å². The Hall–Kier alpha value is 0.960. The highest BCUT2D eigenvalue weighted by Crippen LogP contribution is 2.47. The van der Waals surface area contributed by atoms with Gasteiger partial charge in [0.05, 0.1) is 0 Å². The van der Waals surface area contributed by atoms with Crippen molar-refractivity contribution in [3.8, 4) is 0 Å². The van der Waals surface area contributed by atoms with Gasteiger partial charge in [-0.05, 0) is 6.07 Å². The maximum atomic E-state index is 5.70. The summed E-state index contributed by atoms with van der Waals surface area (Å²) in [5, 5.41) is 0. The lowest BCUT2D eigenvalue weighted by Crippen LogP contribution is -2.11. The Kier molecular flexibility index (Phi) is 4.14. The molecule has 1 radical (unpaired) electrons. The summed E-state index contributed by atoms with van der Waals surface area (Å²) in [5.74, 6) is 0. The van der Waals surface area contributed by atoms with E-state index in [0.29, 0.717) is 5.56 Å². The second-order valence-corrected chi connectivity index (χ2v) is 7.02. The minimum absolute atomic E-state index is 0.241. The molecule has 0 fully saturated rings. The first kappa shape index (κ1) is 13.0. The fraction of sp³-hybridized carbons (Fsp3) is 0.250. The standard InChI is InChI=1S/C8H3Cl6/c9-7(10,11)5-3-1-2-4-6(5)8(12,13)14/h1-3H. The Bertz CT molecular complexity index is 288. The van der Waals surface area contributed by atoms with Crippen molar-refractivity contribution in [3.63, 3.8) is 0 Å². The van der Waals surface area contributed by atoms with Crippen molar-refractivity contribution in [2.24, 2.45) is 0 Å². The van der Waals surface area contributed by atoms with Crippen molar-refractivity contribution in [1.29, 1.82) is 0 Å². The quantitative estimate of drug-likeness (QED) is 0.582. The molecule has 6 heteroatoms. The molecule has 1 aromatic rings. The molecule has 1 aromatic carbocycles. The summed E-state index contributed by atoms with van der Waals surface area (Å²) < 4.78 is -3.28. The molecule has 0 aliphatic heterocycles. The molecule has 0 N–H and O–H groups in total. The third kappa shape index (κ3) is 3.23. The third-order valence-corrected chi connectivity index (χ3v) is 2.62. The van der Waals surface area contributed by atoms with E-state index in [9.17, 15) is 0 Å². The van der Waals surface area contributed by atoms with Crippen LogP contribution in [0.4, 0.5) is 0 Å². The van der Waals surface area contributed by atoms with Crippen molar-refractivity contribution in [2.45, 2.75) is 7.59 Å². The summed E-state index contributed by atoms with van der Waals surface area (Å²) in [5.41, 5.74) is 0.551. The molecule has 0 unspecified atom stereocenters. The highest BCUT2D eigenvalue weighted by molar-refractivity contribution is 6.69. The van der Waals surface area contributed by atoms with Crippen LogP contribution in [0.25, 0.3) is 0 Å². The second kappa shape index (κ2) is 4.45. The maximum Gasteiger partial charge on any atom is 0.217 e. The van der Waals surface area contributed by atoms with E-state index in [1.165, 1.54) is 0 Å². The van der Waals surface area contributed by atoms with E-state index in [0.717, 1.165) is 0 Å². The van der Waals surface area contributed by atoms with Crippen molar-refractivity contribution in [3.05, 3.63) is 35.4 Å². The van der Waals surface area contributed by atoms with Crippen LogP contribution in [0.15, 0.2) is 18.2 Å². The average Bonchev–Trinajstić information content (AvgIpc) is 2.01. The number of halogens is 6. The number of alkyl halides is 6. The largest absolute Gasteiger partial charge is 0.217 e. The van der Waals surface area contributed by atoms with Gasteiger partial charge in [-0.2, -0.15) is 0 Å². The Morgan fingerprint density at radius 3 is 1.86 bits per heavy atom. The number of hydrogen-bond donors (Lipinski definition) is 0. The highest BCUT2D eigenvalue weighted by Gasteiger charge is 2.34. The first-order chi connectivity index (χ1) is 6.23. The Labute approximate surface area is 112 Å². The van der Waals surface area contributed by atoms with E-state index in [4.69, 9.17) is 69.6 Å². The molecule has 0 aliphatic carbocycles. The van der Waals surface area contributed by atoms with Gasteiger partial charge in [0.25, 0.3) is 0 Å². The van der Waals surface area contributed by atoms with Crippen LogP contribution in [0.5, 0.6) is 0 Å². The van der Waals surface area contributed by atoms with Crippen LogP contribution >= 0.6 is 69.6 Å². The van der Waals surface area contributed by atoms with Gasteiger partial charge in [-0.15, -0.1) is 0 Å². The van der Waals surface area contributed by atoms with Crippen molar-refractivity contribution in [2.75, 3.05) is 0 Å². The van der Waals surface area contributed by atoms with Crippen molar-refractivity contribution >= 4 is 69.6 Å². The predicted octanol–water partition coefficient (Wildman–Crippen LogP) is 5.14. The Balaban J connectivity index is 3.31. The fourth-order valence-corrected chi connectivity index (χ4v) is 1.85. The van der Waals surface area contributed by atoms with Gasteiger partial charge in [0.15, 0.2) is 0 Å². The lowest BCUT2D eigenvalue weighted by Gasteiger charge is -2.20. The van der Waals surface area contributed by atoms with Gasteiger partial charge in [0.2, 0.25) is 7.59 Å². The van der Waals surface area contributed by atoms with Crippen LogP contribution in [0.3, 0.4) is 0 Å². The zero-order valence-corrected chi connectivity index (χ0v) is 11.0. The molecular weight excluding hydrogens is 309 g/mol. The molecule has 0 aliphatic rings. The summed E-state index contributed by atoms with van der Waals surface area (Å²) in [6.45, 7) is 0. The molecule has 0 nitrogen and oxygen atoms in total. The topological polar surface area (TPSA) is 0 Å². The summed E-state index contributed by atoms with van der Waals surface area (Å²) in [4.78, 5) is 0. The third-order valence-electron chi connectivity index (χ3n) is 1.44. The van der Waals surface area contributed by atoms with Crippen LogP contribution in [-0.4, -0.2) is 0 Å². The molecule has 0 bridgehead atoms. The summed E-state index contributed by atoms with van der Waals surface area (Å²) in [6.07, 6.45) is 0. The zero-order chi connectivity index (χ0) is 11.0. The lowest BCUT2D eigenvalue weighted by atomic mass is 10.1. The Morgan fingerprint density at radius 1 is 0.929 bits per heavy atom. The van der Waals surface area contributed by atoms with Gasteiger partial charge in [-0.25, -0.2) is 0 Å². The smallest absolute Gasteiger partial charge is 0.0784 e. The molecular formula is C8H3Cl6. The molecule has 0 amide bonds. The first-order valence-corrected chi connectivity index (χ1v) is 5.65. The second-order valence-electron chi connectivity index (χ2n) is 2.45. The van der Waals surface area contributed by atoms with Gasteiger partial charge < -0.3 is 0 Å². The van der Waals surface area contributed by atoms with Gasteiger partial charge >= 0.3 is 0 Å². The monoisotopic (exact) mass is 309 g/mol. The number of benzene rings is 1. The maximum absolute atomic E-state index is 5.70. The van der Waals surface area contributed by atoms with Crippen LogP contribution < -0.4 is 0 Å². The SMILES string of the molecule is ClC(Cl)(Cl)c1[c]cccc1C(Cl)(Cl)Cl. The first-order valence-electron chi connectivity index (χ1n) is 3.38. The van der Waals surface area contributed by atoms with Crippen LogP contribution in [0.1, 0.15) is 11.1 Å². The molecule has 0 saturated carbocycles. The Morgan fingerprint density at radius 2 is 1.50 bits per heavy atom. The fourth-order valence-electron chi connectivity index (χ4n) is 0.908. The molecule has 14 heavy (non-hydrogen) atoms. The number of rotatable bonds is 0. The minimum atomic E-state index is -1.65. The van der Waals surface area contributed by atoms with E-state index in [-0.39, 0.29) is 5.56 Å². The molecule has 0 spiro atoms. The summed E-state index contributed by atoms with van der Waals surface area (Å²) in [7, 11) is 0. The van der Waals surface area contributed by atoms with Crippen LogP contribution in [-0.2, 0) is 7.59 Å². The molecule has 0 aromatic heterocycles. The molecule has 1 rings (SSSR count). The predicted molar refractivity (Wildman–Crippen MR) is 63.8 cm³/mol. The summed E-state index contributed by atoms with van der Waals surface area (Å²) in [6, 6.07) is 7.53. The van der Waals surface area contributed by atoms with E-state index in [1.807, 2.05) is 0 Å². The number of hydrogen-bond acceptors (Lipinski definition) is 0. The highest BCUT2D eigenvalue weighted by atomic mass is 35.6. The molecule has 0 atom stereocenters. The van der Waals surface area contributed by atoms with Gasteiger partial charge in [-0.3, -0.25) is 0 Å². The van der Waals surface area contributed by atoms with Crippen molar-refractivity contribution in [1.82, 2.24) is 0 Å². The van der Waals surface area contributed by atoms with E-state index in [1.54, 1.807) is 18.2 Å². The van der Waals surface area contributed by atoms with Gasteiger partial charge in [0, 0.05) is 11.1 Å².